The summed E-state index contributed by atoms with van der Waals surface area (Å²) in [7, 11) is 0. The van der Waals surface area contributed by atoms with Crippen molar-refractivity contribution in [3.05, 3.63) is 11.6 Å². The number of carbonyl (C=O) groups is 2. The molecule has 15 heavy (non-hydrogen) atoms. The SMILES string of the molecule is O=C(O)CC(=CC1CCCCC1)C(=O)O. The van der Waals surface area contributed by atoms with Crippen LogP contribution in [0.25, 0.3) is 0 Å². The van der Waals surface area contributed by atoms with E-state index in [9.17, 15) is 9.59 Å². The molecule has 4 nitrogen and oxygen atoms in total. The van der Waals surface area contributed by atoms with Gasteiger partial charge < -0.3 is 10.2 Å². The molecule has 0 spiro atoms. The van der Waals surface area contributed by atoms with E-state index in [0.29, 0.717) is 0 Å². The Morgan fingerprint density at radius 2 is 1.73 bits per heavy atom. The van der Waals surface area contributed by atoms with Crippen molar-refractivity contribution in [2.75, 3.05) is 0 Å². The van der Waals surface area contributed by atoms with E-state index in [0.717, 1.165) is 25.7 Å². The summed E-state index contributed by atoms with van der Waals surface area (Å²) in [6, 6.07) is 0. The van der Waals surface area contributed by atoms with Crippen LogP contribution < -0.4 is 0 Å². The first kappa shape index (κ1) is 11.8. The summed E-state index contributed by atoms with van der Waals surface area (Å²) in [6.45, 7) is 0. The summed E-state index contributed by atoms with van der Waals surface area (Å²) in [5, 5.41) is 17.4. The number of aliphatic carboxylic acids is 2. The van der Waals surface area contributed by atoms with Gasteiger partial charge in [-0.1, -0.05) is 25.3 Å². The lowest BCUT2D eigenvalue weighted by Crippen LogP contribution is -2.11. The van der Waals surface area contributed by atoms with Gasteiger partial charge in [0.15, 0.2) is 0 Å². The van der Waals surface area contributed by atoms with Gasteiger partial charge in [-0.15, -0.1) is 0 Å². The van der Waals surface area contributed by atoms with Crippen LogP contribution in [0.2, 0.25) is 0 Å². The van der Waals surface area contributed by atoms with E-state index in [2.05, 4.69) is 0 Å². The van der Waals surface area contributed by atoms with Crippen LogP contribution in [-0.4, -0.2) is 22.2 Å². The average molecular weight is 212 g/mol. The number of rotatable bonds is 4. The molecule has 0 heterocycles. The van der Waals surface area contributed by atoms with Crippen molar-refractivity contribution in [3.63, 3.8) is 0 Å². The van der Waals surface area contributed by atoms with Crippen molar-refractivity contribution < 1.29 is 19.8 Å². The Bertz CT molecular complexity index is 274. The third kappa shape index (κ3) is 4.14. The zero-order chi connectivity index (χ0) is 11.3. The van der Waals surface area contributed by atoms with Gasteiger partial charge in [0.1, 0.15) is 0 Å². The molecule has 1 rings (SSSR count). The lowest BCUT2D eigenvalue weighted by molar-refractivity contribution is -0.139. The van der Waals surface area contributed by atoms with Gasteiger partial charge in [-0.25, -0.2) is 4.79 Å². The Hall–Kier alpha value is -1.32. The quantitative estimate of drug-likeness (QED) is 0.699. The highest BCUT2D eigenvalue weighted by Crippen LogP contribution is 2.26. The number of hydrogen-bond donors (Lipinski definition) is 2. The summed E-state index contributed by atoms with van der Waals surface area (Å²) in [6.07, 6.45) is 6.64. The molecule has 84 valence electrons. The minimum Gasteiger partial charge on any atom is -0.481 e. The highest BCUT2D eigenvalue weighted by molar-refractivity contribution is 5.92. The van der Waals surface area contributed by atoms with Crippen LogP contribution in [0.1, 0.15) is 38.5 Å². The molecule has 0 atom stereocenters. The van der Waals surface area contributed by atoms with Crippen molar-refractivity contribution in [3.8, 4) is 0 Å². The Balaban J connectivity index is 2.64. The molecule has 0 amide bonds. The Morgan fingerprint density at radius 3 is 2.20 bits per heavy atom. The first-order valence-electron chi connectivity index (χ1n) is 5.25. The molecule has 0 bridgehead atoms. The Kier molecular flexibility index (Phi) is 4.34. The molecular weight excluding hydrogens is 196 g/mol. The van der Waals surface area contributed by atoms with E-state index in [1.165, 1.54) is 6.42 Å². The molecule has 0 aromatic heterocycles. The van der Waals surface area contributed by atoms with Crippen molar-refractivity contribution in [2.45, 2.75) is 38.5 Å². The first-order valence-corrected chi connectivity index (χ1v) is 5.25. The molecule has 0 aliphatic heterocycles. The van der Waals surface area contributed by atoms with E-state index >= 15 is 0 Å². The predicted molar refractivity (Wildman–Crippen MR) is 54.5 cm³/mol. The monoisotopic (exact) mass is 212 g/mol. The van der Waals surface area contributed by atoms with Gasteiger partial charge in [0.2, 0.25) is 0 Å². The van der Waals surface area contributed by atoms with Crippen molar-refractivity contribution >= 4 is 11.9 Å². The van der Waals surface area contributed by atoms with Crippen LogP contribution in [0.4, 0.5) is 0 Å². The number of carboxylic acids is 2. The molecule has 1 saturated carbocycles. The summed E-state index contributed by atoms with van der Waals surface area (Å²) in [5.41, 5.74) is 0.0226. The second-order valence-corrected chi connectivity index (χ2v) is 3.97. The predicted octanol–water partition coefficient (Wildman–Crippen LogP) is 2.05. The maximum absolute atomic E-state index is 10.8. The highest BCUT2D eigenvalue weighted by atomic mass is 16.4. The van der Waals surface area contributed by atoms with E-state index in [4.69, 9.17) is 10.2 Å². The fourth-order valence-electron chi connectivity index (χ4n) is 1.95. The fraction of sp³-hybridized carbons (Fsp3) is 0.636. The molecule has 1 fully saturated rings. The van der Waals surface area contributed by atoms with Crippen LogP contribution >= 0.6 is 0 Å². The van der Waals surface area contributed by atoms with Crippen LogP contribution in [0, 0.1) is 5.92 Å². The molecule has 0 aromatic carbocycles. The van der Waals surface area contributed by atoms with Gasteiger partial charge >= 0.3 is 11.9 Å². The summed E-state index contributed by atoms with van der Waals surface area (Å²) in [5.74, 6) is -1.94. The molecule has 1 aliphatic carbocycles. The number of allylic oxidation sites excluding steroid dienone is 1. The number of hydrogen-bond acceptors (Lipinski definition) is 2. The molecule has 2 N–H and O–H groups in total. The molecule has 0 radical (unpaired) electrons. The molecule has 0 aromatic rings. The van der Waals surface area contributed by atoms with E-state index < -0.39 is 11.9 Å². The second kappa shape index (κ2) is 5.53. The minimum atomic E-state index is -1.11. The Morgan fingerprint density at radius 1 is 1.13 bits per heavy atom. The van der Waals surface area contributed by atoms with Crippen molar-refractivity contribution in [2.24, 2.45) is 5.92 Å². The van der Waals surface area contributed by atoms with E-state index in [1.54, 1.807) is 6.08 Å². The first-order chi connectivity index (χ1) is 7.09. The largest absolute Gasteiger partial charge is 0.481 e. The molecule has 4 heteroatoms. The van der Waals surface area contributed by atoms with Gasteiger partial charge in [-0.2, -0.15) is 0 Å². The van der Waals surface area contributed by atoms with E-state index in [-0.39, 0.29) is 17.9 Å². The van der Waals surface area contributed by atoms with Crippen LogP contribution in [-0.2, 0) is 9.59 Å². The fourth-order valence-corrected chi connectivity index (χ4v) is 1.95. The second-order valence-electron chi connectivity index (χ2n) is 3.97. The van der Waals surface area contributed by atoms with Gasteiger partial charge in [0, 0.05) is 5.57 Å². The van der Waals surface area contributed by atoms with Crippen molar-refractivity contribution in [1.29, 1.82) is 0 Å². The smallest absolute Gasteiger partial charge is 0.331 e. The molecule has 1 aliphatic rings. The van der Waals surface area contributed by atoms with Gasteiger partial charge in [-0.3, -0.25) is 4.79 Å². The lowest BCUT2D eigenvalue weighted by Gasteiger charge is -2.18. The maximum Gasteiger partial charge on any atom is 0.331 e. The summed E-state index contributed by atoms with van der Waals surface area (Å²) < 4.78 is 0. The van der Waals surface area contributed by atoms with Gasteiger partial charge in [0.25, 0.3) is 0 Å². The lowest BCUT2D eigenvalue weighted by atomic mass is 9.87. The zero-order valence-electron chi connectivity index (χ0n) is 8.61. The molecule has 0 unspecified atom stereocenters. The van der Waals surface area contributed by atoms with Crippen LogP contribution in [0.3, 0.4) is 0 Å². The maximum atomic E-state index is 10.8. The van der Waals surface area contributed by atoms with E-state index in [1.807, 2.05) is 0 Å². The minimum absolute atomic E-state index is 0.0226. The number of carboxylic acid groups (broad SMARTS) is 2. The third-order valence-electron chi connectivity index (χ3n) is 2.70. The normalized spacial score (nSPS) is 18.8. The topological polar surface area (TPSA) is 74.6 Å². The third-order valence-corrected chi connectivity index (χ3v) is 2.70. The average Bonchev–Trinajstić information content (AvgIpc) is 2.17. The van der Waals surface area contributed by atoms with Crippen LogP contribution in [0.15, 0.2) is 11.6 Å². The molecular formula is C11H16O4. The highest BCUT2D eigenvalue weighted by Gasteiger charge is 2.17. The van der Waals surface area contributed by atoms with Crippen LogP contribution in [0.5, 0.6) is 0 Å². The van der Waals surface area contributed by atoms with Gasteiger partial charge in [0.05, 0.1) is 6.42 Å². The summed E-state index contributed by atoms with van der Waals surface area (Å²) in [4.78, 5) is 21.2. The van der Waals surface area contributed by atoms with Crippen molar-refractivity contribution in [1.82, 2.24) is 0 Å². The standard InChI is InChI=1S/C11H16O4/c12-10(13)7-9(11(14)15)6-8-4-2-1-3-5-8/h6,8H,1-5,7H2,(H,12,13)(H,14,15). The Labute approximate surface area is 88.6 Å². The summed E-state index contributed by atoms with van der Waals surface area (Å²) >= 11 is 0. The van der Waals surface area contributed by atoms with Gasteiger partial charge in [-0.05, 0) is 18.8 Å². The zero-order valence-corrected chi connectivity index (χ0v) is 8.61. The molecule has 0 saturated heterocycles.